The molecule has 0 bridgehead atoms. The van der Waals surface area contributed by atoms with Crippen LogP contribution in [0.2, 0.25) is 0 Å². The fourth-order valence-corrected chi connectivity index (χ4v) is 2.32. The Morgan fingerprint density at radius 3 is 2.88 bits per heavy atom. The van der Waals surface area contributed by atoms with E-state index in [0.717, 1.165) is 33.8 Å². The van der Waals surface area contributed by atoms with Crippen LogP contribution in [-0.2, 0) is 5.75 Å². The lowest BCUT2D eigenvalue weighted by Gasteiger charge is -2.03. The van der Waals surface area contributed by atoms with Crippen LogP contribution in [-0.4, -0.2) is 6.29 Å². The molecule has 2 aromatic rings. The van der Waals surface area contributed by atoms with Crippen molar-refractivity contribution in [2.75, 3.05) is 0 Å². The summed E-state index contributed by atoms with van der Waals surface area (Å²) in [7, 11) is 0. The molecule has 1 heterocycles. The van der Waals surface area contributed by atoms with E-state index in [-0.39, 0.29) is 0 Å². The maximum Gasteiger partial charge on any atom is 0.150 e. The summed E-state index contributed by atoms with van der Waals surface area (Å²) in [5.74, 6) is 1.77. The second-order valence-electron chi connectivity index (χ2n) is 3.50. The smallest absolute Gasteiger partial charge is 0.150 e. The number of hydrogen-bond acceptors (Lipinski definition) is 3. The van der Waals surface area contributed by atoms with Crippen LogP contribution < -0.4 is 0 Å². The maximum atomic E-state index is 10.7. The molecule has 2 nitrogen and oxygen atoms in total. The van der Waals surface area contributed by atoms with Gasteiger partial charge in [0.25, 0.3) is 0 Å². The lowest BCUT2D eigenvalue weighted by molar-refractivity contribution is 0.112. The Balaban J connectivity index is 2.05. The Morgan fingerprint density at radius 2 is 2.25 bits per heavy atom. The van der Waals surface area contributed by atoms with E-state index < -0.39 is 0 Å². The van der Waals surface area contributed by atoms with Crippen LogP contribution in [0.1, 0.15) is 21.7 Å². The summed E-state index contributed by atoms with van der Waals surface area (Å²) in [4.78, 5) is 11.8. The number of aryl methyl sites for hydroxylation is 1. The van der Waals surface area contributed by atoms with E-state index in [0.29, 0.717) is 0 Å². The number of thioether (sulfide) groups is 1. The van der Waals surface area contributed by atoms with E-state index in [1.807, 2.05) is 37.3 Å². The number of hydrogen-bond donors (Lipinski definition) is 0. The Bertz CT molecular complexity index is 475. The monoisotopic (exact) mass is 232 g/mol. The van der Waals surface area contributed by atoms with E-state index in [1.54, 1.807) is 18.0 Å². The SMILES string of the molecule is Cc1cc(SCc2ccco2)ccc1C=O. The number of carbonyl (C=O) groups is 1. The predicted octanol–water partition coefficient (Wildman–Crippen LogP) is 3.69. The van der Waals surface area contributed by atoms with Crippen molar-refractivity contribution in [2.24, 2.45) is 0 Å². The molecule has 16 heavy (non-hydrogen) atoms. The van der Waals surface area contributed by atoms with Crippen LogP contribution in [0, 0.1) is 6.92 Å². The third-order valence-corrected chi connectivity index (χ3v) is 3.35. The van der Waals surface area contributed by atoms with E-state index in [1.165, 1.54) is 0 Å². The lowest BCUT2D eigenvalue weighted by atomic mass is 10.1. The Hall–Kier alpha value is -1.48. The van der Waals surface area contributed by atoms with Crippen molar-refractivity contribution >= 4 is 18.0 Å². The van der Waals surface area contributed by atoms with Gasteiger partial charge >= 0.3 is 0 Å². The van der Waals surface area contributed by atoms with Gasteiger partial charge in [-0.25, -0.2) is 0 Å². The Morgan fingerprint density at radius 1 is 1.38 bits per heavy atom. The van der Waals surface area contributed by atoms with Gasteiger partial charge in [-0.05, 0) is 36.8 Å². The molecule has 82 valence electrons. The number of rotatable bonds is 4. The van der Waals surface area contributed by atoms with Crippen molar-refractivity contribution in [1.82, 2.24) is 0 Å². The number of carbonyl (C=O) groups excluding carboxylic acids is 1. The summed E-state index contributed by atoms with van der Waals surface area (Å²) in [6.07, 6.45) is 2.56. The minimum Gasteiger partial charge on any atom is -0.468 e. The van der Waals surface area contributed by atoms with Gasteiger partial charge in [0.2, 0.25) is 0 Å². The van der Waals surface area contributed by atoms with Crippen molar-refractivity contribution in [3.63, 3.8) is 0 Å². The zero-order chi connectivity index (χ0) is 11.4. The molecule has 0 fully saturated rings. The van der Waals surface area contributed by atoms with E-state index in [4.69, 9.17) is 4.42 Å². The quantitative estimate of drug-likeness (QED) is 0.595. The summed E-state index contributed by atoms with van der Waals surface area (Å²) in [6.45, 7) is 1.95. The first-order valence-electron chi connectivity index (χ1n) is 5.00. The summed E-state index contributed by atoms with van der Waals surface area (Å²) < 4.78 is 5.25. The molecule has 0 unspecified atom stereocenters. The van der Waals surface area contributed by atoms with Crippen molar-refractivity contribution in [3.05, 3.63) is 53.5 Å². The molecule has 0 saturated carbocycles. The normalized spacial score (nSPS) is 10.3. The van der Waals surface area contributed by atoms with Crippen molar-refractivity contribution in [1.29, 1.82) is 0 Å². The molecule has 0 aliphatic rings. The summed E-state index contributed by atoms with van der Waals surface area (Å²) >= 11 is 1.70. The molecule has 0 spiro atoms. The van der Waals surface area contributed by atoms with Gasteiger partial charge in [0, 0.05) is 10.5 Å². The third kappa shape index (κ3) is 2.55. The van der Waals surface area contributed by atoms with Gasteiger partial charge in [-0.2, -0.15) is 0 Å². The topological polar surface area (TPSA) is 30.2 Å². The minimum absolute atomic E-state index is 0.752. The van der Waals surface area contributed by atoms with Gasteiger partial charge in [0.15, 0.2) is 0 Å². The summed E-state index contributed by atoms with van der Waals surface area (Å²) in [5.41, 5.74) is 1.77. The second kappa shape index (κ2) is 5.03. The van der Waals surface area contributed by atoms with Crippen LogP contribution in [0.5, 0.6) is 0 Å². The van der Waals surface area contributed by atoms with Crippen LogP contribution >= 0.6 is 11.8 Å². The third-order valence-electron chi connectivity index (χ3n) is 2.33. The first kappa shape index (κ1) is 11.0. The molecular weight excluding hydrogens is 220 g/mol. The van der Waals surface area contributed by atoms with Crippen LogP contribution in [0.25, 0.3) is 0 Å². The molecule has 0 saturated heterocycles. The van der Waals surface area contributed by atoms with Gasteiger partial charge in [-0.3, -0.25) is 4.79 Å². The Labute approximate surface area is 98.7 Å². The van der Waals surface area contributed by atoms with E-state index in [2.05, 4.69) is 0 Å². The average Bonchev–Trinajstić information content (AvgIpc) is 2.79. The molecule has 0 amide bonds. The maximum absolute atomic E-state index is 10.7. The van der Waals surface area contributed by atoms with Crippen molar-refractivity contribution in [3.8, 4) is 0 Å². The number of aldehydes is 1. The van der Waals surface area contributed by atoms with E-state index >= 15 is 0 Å². The highest BCUT2D eigenvalue weighted by atomic mass is 32.2. The summed E-state index contributed by atoms with van der Waals surface area (Å²) in [6, 6.07) is 9.69. The fourth-order valence-electron chi connectivity index (χ4n) is 1.42. The average molecular weight is 232 g/mol. The Kier molecular flexibility index (Phi) is 3.47. The highest BCUT2D eigenvalue weighted by molar-refractivity contribution is 7.98. The second-order valence-corrected chi connectivity index (χ2v) is 4.55. The van der Waals surface area contributed by atoms with Crippen LogP contribution in [0.3, 0.4) is 0 Å². The molecule has 0 atom stereocenters. The number of benzene rings is 1. The van der Waals surface area contributed by atoms with Gasteiger partial charge < -0.3 is 4.42 Å². The molecule has 0 radical (unpaired) electrons. The van der Waals surface area contributed by atoms with Crippen LogP contribution in [0.4, 0.5) is 0 Å². The van der Waals surface area contributed by atoms with Crippen LogP contribution in [0.15, 0.2) is 45.9 Å². The van der Waals surface area contributed by atoms with Gasteiger partial charge in [0.05, 0.1) is 12.0 Å². The minimum atomic E-state index is 0.752. The predicted molar refractivity (Wildman–Crippen MR) is 64.8 cm³/mol. The molecule has 0 aliphatic heterocycles. The largest absolute Gasteiger partial charge is 0.468 e. The zero-order valence-electron chi connectivity index (χ0n) is 8.97. The molecule has 0 N–H and O–H groups in total. The van der Waals surface area contributed by atoms with Gasteiger partial charge in [-0.1, -0.05) is 6.07 Å². The highest BCUT2D eigenvalue weighted by Crippen LogP contribution is 2.24. The van der Waals surface area contributed by atoms with E-state index in [9.17, 15) is 4.79 Å². The standard InChI is InChI=1S/C13H12O2S/c1-10-7-13(5-4-11(10)8-14)16-9-12-3-2-6-15-12/h2-8H,9H2,1H3. The molecular formula is C13H12O2S. The molecule has 2 rings (SSSR count). The number of furan rings is 1. The molecule has 0 aliphatic carbocycles. The first-order valence-corrected chi connectivity index (χ1v) is 5.99. The van der Waals surface area contributed by atoms with Crippen molar-refractivity contribution < 1.29 is 9.21 Å². The summed E-state index contributed by atoms with van der Waals surface area (Å²) in [5, 5.41) is 0. The fraction of sp³-hybridized carbons (Fsp3) is 0.154. The molecule has 1 aromatic carbocycles. The highest BCUT2D eigenvalue weighted by Gasteiger charge is 2.01. The molecule has 1 aromatic heterocycles. The molecule has 3 heteroatoms. The zero-order valence-corrected chi connectivity index (χ0v) is 9.79. The van der Waals surface area contributed by atoms with Gasteiger partial charge in [0.1, 0.15) is 12.0 Å². The lowest BCUT2D eigenvalue weighted by Crippen LogP contribution is -1.86. The first-order chi connectivity index (χ1) is 7.79. The van der Waals surface area contributed by atoms with Crippen molar-refractivity contribution in [2.45, 2.75) is 17.6 Å². The van der Waals surface area contributed by atoms with Gasteiger partial charge in [-0.15, -0.1) is 11.8 Å².